The number of piperazine rings is 1. The van der Waals surface area contributed by atoms with E-state index in [4.69, 9.17) is 4.74 Å². The van der Waals surface area contributed by atoms with Crippen LogP contribution in [-0.2, 0) is 9.59 Å². The standard InChI is InChI=1S/C22H34N4O3/c1-18-7-8-20(29-2)19(15-18)23-21(27)16-24-11-13-25(14-12-24)17-22(28)26-9-5-3-4-6-10-26/h7-8,15H,3-6,9-14,16-17H2,1-2H3,(H,23,27). The number of aryl methyl sites for hydroxylation is 1. The van der Waals surface area contributed by atoms with E-state index < -0.39 is 0 Å². The lowest BCUT2D eigenvalue weighted by atomic mass is 10.2. The van der Waals surface area contributed by atoms with Crippen molar-refractivity contribution in [2.45, 2.75) is 32.6 Å². The predicted molar refractivity (Wildman–Crippen MR) is 114 cm³/mol. The molecule has 2 aliphatic rings. The summed E-state index contributed by atoms with van der Waals surface area (Å²) in [6.45, 7) is 7.88. The summed E-state index contributed by atoms with van der Waals surface area (Å²) in [6, 6.07) is 5.74. The van der Waals surface area contributed by atoms with E-state index in [9.17, 15) is 9.59 Å². The largest absolute Gasteiger partial charge is 0.495 e. The van der Waals surface area contributed by atoms with Crippen molar-refractivity contribution in [3.8, 4) is 5.75 Å². The van der Waals surface area contributed by atoms with Crippen molar-refractivity contribution in [2.75, 3.05) is 64.8 Å². The molecule has 2 amide bonds. The Morgan fingerprint density at radius 3 is 2.17 bits per heavy atom. The summed E-state index contributed by atoms with van der Waals surface area (Å²) in [5.74, 6) is 0.883. The molecule has 160 valence electrons. The molecule has 7 nitrogen and oxygen atoms in total. The zero-order chi connectivity index (χ0) is 20.6. The topological polar surface area (TPSA) is 65.1 Å². The van der Waals surface area contributed by atoms with E-state index in [-0.39, 0.29) is 11.8 Å². The van der Waals surface area contributed by atoms with Crippen molar-refractivity contribution < 1.29 is 14.3 Å². The van der Waals surface area contributed by atoms with Gasteiger partial charge in [-0.15, -0.1) is 0 Å². The van der Waals surface area contributed by atoms with Crippen molar-refractivity contribution >= 4 is 17.5 Å². The molecule has 0 unspecified atom stereocenters. The molecule has 1 aromatic rings. The average molecular weight is 403 g/mol. The molecule has 0 aliphatic carbocycles. The Kier molecular flexibility index (Phi) is 7.89. The van der Waals surface area contributed by atoms with Crippen LogP contribution in [-0.4, -0.2) is 86.0 Å². The molecule has 1 aromatic carbocycles. The second-order valence-corrected chi connectivity index (χ2v) is 8.10. The molecule has 0 aromatic heterocycles. The molecule has 0 bridgehead atoms. The summed E-state index contributed by atoms with van der Waals surface area (Å²) in [7, 11) is 1.60. The first-order valence-corrected chi connectivity index (χ1v) is 10.7. The van der Waals surface area contributed by atoms with Crippen molar-refractivity contribution in [1.82, 2.24) is 14.7 Å². The maximum atomic E-state index is 12.6. The Hall–Kier alpha value is -2.12. The third-order valence-electron chi connectivity index (χ3n) is 5.78. The first-order chi connectivity index (χ1) is 14.0. The Bertz CT molecular complexity index is 693. The number of methoxy groups -OCH3 is 1. The van der Waals surface area contributed by atoms with E-state index in [1.807, 2.05) is 30.0 Å². The van der Waals surface area contributed by atoms with Gasteiger partial charge in [-0.1, -0.05) is 18.9 Å². The van der Waals surface area contributed by atoms with Gasteiger partial charge in [-0.3, -0.25) is 19.4 Å². The number of hydrogen-bond acceptors (Lipinski definition) is 5. The zero-order valence-electron chi connectivity index (χ0n) is 17.8. The fraction of sp³-hybridized carbons (Fsp3) is 0.636. The Morgan fingerprint density at radius 2 is 1.55 bits per heavy atom. The minimum Gasteiger partial charge on any atom is -0.495 e. The number of nitrogens with zero attached hydrogens (tertiary/aromatic N) is 3. The fourth-order valence-corrected chi connectivity index (χ4v) is 4.03. The molecule has 0 saturated carbocycles. The van der Waals surface area contributed by atoms with Gasteiger partial charge in [-0.25, -0.2) is 0 Å². The van der Waals surface area contributed by atoms with E-state index in [1.54, 1.807) is 7.11 Å². The maximum absolute atomic E-state index is 12.6. The van der Waals surface area contributed by atoms with Gasteiger partial charge >= 0.3 is 0 Å². The molecular formula is C22H34N4O3. The zero-order valence-corrected chi connectivity index (χ0v) is 17.8. The second kappa shape index (κ2) is 10.6. The third kappa shape index (κ3) is 6.44. The van der Waals surface area contributed by atoms with E-state index in [0.717, 1.165) is 57.7 Å². The van der Waals surface area contributed by atoms with Gasteiger partial charge in [0.15, 0.2) is 0 Å². The first kappa shape index (κ1) is 21.6. The summed E-state index contributed by atoms with van der Waals surface area (Å²) >= 11 is 0. The van der Waals surface area contributed by atoms with E-state index in [1.165, 1.54) is 12.8 Å². The molecule has 2 aliphatic heterocycles. The molecular weight excluding hydrogens is 368 g/mol. The SMILES string of the molecule is COc1ccc(C)cc1NC(=O)CN1CCN(CC(=O)N2CCCCCC2)CC1. The highest BCUT2D eigenvalue weighted by molar-refractivity contribution is 5.93. The summed E-state index contributed by atoms with van der Waals surface area (Å²) < 4.78 is 5.33. The normalized spacial score (nSPS) is 18.9. The van der Waals surface area contributed by atoms with Crippen LogP contribution in [0.4, 0.5) is 5.69 Å². The molecule has 1 N–H and O–H groups in total. The Balaban J connectivity index is 1.42. The molecule has 29 heavy (non-hydrogen) atoms. The van der Waals surface area contributed by atoms with Crippen molar-refractivity contribution in [1.29, 1.82) is 0 Å². The smallest absolute Gasteiger partial charge is 0.238 e. The Labute approximate surface area is 174 Å². The predicted octanol–water partition coefficient (Wildman–Crippen LogP) is 1.96. The summed E-state index contributed by atoms with van der Waals surface area (Å²) in [5.41, 5.74) is 1.78. The van der Waals surface area contributed by atoms with Gasteiger partial charge in [0.05, 0.1) is 25.9 Å². The average Bonchev–Trinajstić information content (AvgIpc) is 2.99. The molecule has 2 heterocycles. The molecule has 2 fully saturated rings. The van der Waals surface area contributed by atoms with Crippen molar-refractivity contribution in [2.24, 2.45) is 0 Å². The van der Waals surface area contributed by atoms with E-state index in [0.29, 0.717) is 24.5 Å². The van der Waals surface area contributed by atoms with Crippen LogP contribution in [0, 0.1) is 6.92 Å². The minimum atomic E-state index is -0.0389. The highest BCUT2D eigenvalue weighted by atomic mass is 16.5. The number of rotatable bonds is 6. The number of amides is 2. The molecule has 0 radical (unpaired) electrons. The number of carbonyl (C=O) groups excluding carboxylic acids is 2. The summed E-state index contributed by atoms with van der Waals surface area (Å²) in [4.78, 5) is 31.4. The highest BCUT2D eigenvalue weighted by Gasteiger charge is 2.23. The molecule has 3 rings (SSSR count). The van der Waals surface area contributed by atoms with E-state index in [2.05, 4.69) is 15.1 Å². The summed E-state index contributed by atoms with van der Waals surface area (Å²) in [6.07, 6.45) is 4.72. The monoisotopic (exact) mass is 402 g/mol. The number of hydrogen-bond donors (Lipinski definition) is 1. The number of ether oxygens (including phenoxy) is 1. The van der Waals surface area contributed by atoms with Crippen LogP contribution in [0.3, 0.4) is 0 Å². The fourth-order valence-electron chi connectivity index (χ4n) is 4.03. The molecule has 0 atom stereocenters. The van der Waals surface area contributed by atoms with Gasteiger partial charge in [0.25, 0.3) is 0 Å². The van der Waals surface area contributed by atoms with Gasteiger partial charge in [0, 0.05) is 39.3 Å². The quantitative estimate of drug-likeness (QED) is 0.788. The lowest BCUT2D eigenvalue weighted by Gasteiger charge is -2.35. The van der Waals surface area contributed by atoms with Gasteiger partial charge < -0.3 is 15.0 Å². The first-order valence-electron chi connectivity index (χ1n) is 10.7. The van der Waals surface area contributed by atoms with Gasteiger partial charge in [-0.05, 0) is 37.5 Å². The highest BCUT2D eigenvalue weighted by Crippen LogP contribution is 2.25. The molecule has 2 saturated heterocycles. The number of carbonyl (C=O) groups is 2. The lowest BCUT2D eigenvalue weighted by Crippen LogP contribution is -2.51. The molecule has 7 heteroatoms. The van der Waals surface area contributed by atoms with Gasteiger partial charge in [0.1, 0.15) is 5.75 Å². The number of benzene rings is 1. The second-order valence-electron chi connectivity index (χ2n) is 8.10. The van der Waals surface area contributed by atoms with Crippen LogP contribution < -0.4 is 10.1 Å². The van der Waals surface area contributed by atoms with Crippen molar-refractivity contribution in [3.63, 3.8) is 0 Å². The van der Waals surface area contributed by atoms with Crippen LogP contribution in [0.2, 0.25) is 0 Å². The van der Waals surface area contributed by atoms with E-state index >= 15 is 0 Å². The minimum absolute atomic E-state index is 0.0389. The van der Waals surface area contributed by atoms with Gasteiger partial charge in [0.2, 0.25) is 11.8 Å². The molecule has 0 spiro atoms. The lowest BCUT2D eigenvalue weighted by molar-refractivity contribution is -0.133. The van der Waals surface area contributed by atoms with Crippen LogP contribution in [0.5, 0.6) is 5.75 Å². The third-order valence-corrected chi connectivity index (χ3v) is 5.78. The van der Waals surface area contributed by atoms with Crippen LogP contribution in [0.15, 0.2) is 18.2 Å². The number of nitrogens with one attached hydrogen (secondary N) is 1. The van der Waals surface area contributed by atoms with Crippen LogP contribution >= 0.6 is 0 Å². The van der Waals surface area contributed by atoms with Crippen LogP contribution in [0.1, 0.15) is 31.2 Å². The van der Waals surface area contributed by atoms with Crippen LogP contribution in [0.25, 0.3) is 0 Å². The number of likely N-dealkylation sites (tertiary alicyclic amines) is 1. The maximum Gasteiger partial charge on any atom is 0.238 e. The van der Waals surface area contributed by atoms with Crippen molar-refractivity contribution in [3.05, 3.63) is 23.8 Å². The van der Waals surface area contributed by atoms with Gasteiger partial charge in [-0.2, -0.15) is 0 Å². The Morgan fingerprint density at radius 1 is 0.931 bits per heavy atom. The summed E-state index contributed by atoms with van der Waals surface area (Å²) in [5, 5.41) is 2.96. The number of anilines is 1.